The Kier molecular flexibility index (Phi) is 1.82. The van der Waals surface area contributed by atoms with E-state index in [0.717, 1.165) is 10.9 Å². The Labute approximate surface area is 74.5 Å². The van der Waals surface area contributed by atoms with Gasteiger partial charge in [0.25, 0.3) is 0 Å². The highest BCUT2D eigenvalue weighted by molar-refractivity contribution is 5.88. The van der Waals surface area contributed by atoms with Gasteiger partial charge in [0.15, 0.2) is 0 Å². The van der Waals surface area contributed by atoms with Crippen molar-refractivity contribution in [3.8, 4) is 0 Å². The van der Waals surface area contributed by atoms with Crippen LogP contribution in [0.5, 0.6) is 0 Å². The van der Waals surface area contributed by atoms with Crippen molar-refractivity contribution in [1.82, 2.24) is 4.98 Å². The van der Waals surface area contributed by atoms with Gasteiger partial charge < -0.3 is 0 Å². The topological polar surface area (TPSA) is 61.7 Å². The summed E-state index contributed by atoms with van der Waals surface area (Å²) in [6.45, 7) is 0. The Morgan fingerprint density at radius 2 is 2.08 bits per heavy atom. The fourth-order valence-electron chi connectivity index (χ4n) is 1.22. The van der Waals surface area contributed by atoms with Gasteiger partial charge in [0, 0.05) is 16.5 Å². The summed E-state index contributed by atoms with van der Waals surface area (Å²) in [6, 6.07) is 9.29. The van der Waals surface area contributed by atoms with Gasteiger partial charge in [-0.25, -0.2) is 0 Å². The van der Waals surface area contributed by atoms with Crippen LogP contribution in [0.4, 0.5) is 5.69 Å². The van der Waals surface area contributed by atoms with E-state index in [1.54, 1.807) is 12.3 Å². The van der Waals surface area contributed by atoms with Crippen molar-refractivity contribution in [2.45, 2.75) is 0 Å². The summed E-state index contributed by atoms with van der Waals surface area (Å²) in [7, 11) is 0. The fraction of sp³-hybridized carbons (Fsp3) is 0. The van der Waals surface area contributed by atoms with E-state index in [1.165, 1.54) is 0 Å². The molecule has 0 aliphatic carbocycles. The molecule has 1 aromatic carbocycles. The summed E-state index contributed by atoms with van der Waals surface area (Å²) in [5, 5.41) is 4.53. The molecular formula is C9H6N4. The second-order valence-electron chi connectivity index (χ2n) is 2.54. The predicted molar refractivity (Wildman–Crippen MR) is 50.5 cm³/mol. The van der Waals surface area contributed by atoms with Crippen LogP contribution in [0, 0.1) is 0 Å². The number of fused-ring (bicyclic) bond motifs is 1. The molecule has 13 heavy (non-hydrogen) atoms. The molecule has 1 heterocycles. The third kappa shape index (κ3) is 1.30. The quantitative estimate of drug-likeness (QED) is 0.368. The number of benzene rings is 1. The molecule has 4 heteroatoms. The minimum absolute atomic E-state index is 0.570. The molecule has 0 fully saturated rings. The lowest BCUT2D eigenvalue weighted by molar-refractivity contribution is 1.38. The highest BCUT2D eigenvalue weighted by Gasteiger charge is 1.97. The van der Waals surface area contributed by atoms with Crippen LogP contribution < -0.4 is 0 Å². The summed E-state index contributed by atoms with van der Waals surface area (Å²) in [6.07, 6.45) is 1.68. The summed E-state index contributed by atoms with van der Waals surface area (Å²) in [5.74, 6) is 0. The van der Waals surface area contributed by atoms with E-state index in [1.807, 2.05) is 24.3 Å². The highest BCUT2D eigenvalue weighted by Crippen LogP contribution is 2.23. The van der Waals surface area contributed by atoms with Crippen LogP contribution in [0.3, 0.4) is 0 Å². The molecule has 0 unspecified atom stereocenters. The maximum atomic E-state index is 8.31. The van der Waals surface area contributed by atoms with E-state index in [9.17, 15) is 0 Å². The first-order valence-electron chi connectivity index (χ1n) is 3.80. The lowest BCUT2D eigenvalue weighted by Crippen LogP contribution is -1.76. The summed E-state index contributed by atoms with van der Waals surface area (Å²) >= 11 is 0. The van der Waals surface area contributed by atoms with Crippen molar-refractivity contribution in [2.75, 3.05) is 0 Å². The first-order chi connectivity index (χ1) is 6.42. The van der Waals surface area contributed by atoms with Gasteiger partial charge in [0.2, 0.25) is 0 Å². The monoisotopic (exact) mass is 170 g/mol. The molecule has 0 aliphatic heterocycles. The Balaban J connectivity index is 2.82. The van der Waals surface area contributed by atoms with E-state index in [0.29, 0.717) is 5.69 Å². The Bertz CT molecular complexity index is 480. The molecule has 0 bridgehead atoms. The largest absolute Gasteiger partial charge is 0.256 e. The van der Waals surface area contributed by atoms with Gasteiger partial charge in [-0.05, 0) is 11.6 Å². The number of pyridine rings is 1. The van der Waals surface area contributed by atoms with Crippen LogP contribution >= 0.6 is 0 Å². The van der Waals surface area contributed by atoms with E-state index in [-0.39, 0.29) is 0 Å². The van der Waals surface area contributed by atoms with Gasteiger partial charge in [-0.1, -0.05) is 29.4 Å². The van der Waals surface area contributed by atoms with Crippen molar-refractivity contribution >= 4 is 16.6 Å². The van der Waals surface area contributed by atoms with Gasteiger partial charge in [-0.2, -0.15) is 0 Å². The van der Waals surface area contributed by atoms with Crippen LogP contribution in [0.25, 0.3) is 21.3 Å². The summed E-state index contributed by atoms with van der Waals surface area (Å²) < 4.78 is 0. The lowest BCUT2D eigenvalue weighted by atomic mass is 10.2. The second kappa shape index (κ2) is 3.13. The van der Waals surface area contributed by atoms with E-state index >= 15 is 0 Å². The minimum Gasteiger partial charge on any atom is -0.256 e. The van der Waals surface area contributed by atoms with Crippen molar-refractivity contribution < 1.29 is 0 Å². The zero-order valence-electron chi connectivity index (χ0n) is 6.75. The predicted octanol–water partition coefficient (Wildman–Crippen LogP) is 3.18. The van der Waals surface area contributed by atoms with E-state index < -0.39 is 0 Å². The maximum absolute atomic E-state index is 8.31. The molecule has 0 amide bonds. The number of para-hydroxylation sites is 1. The van der Waals surface area contributed by atoms with Crippen LogP contribution in [0.1, 0.15) is 0 Å². The van der Waals surface area contributed by atoms with Gasteiger partial charge >= 0.3 is 0 Å². The summed E-state index contributed by atoms with van der Waals surface area (Å²) in [4.78, 5) is 6.88. The molecule has 0 spiro atoms. The van der Waals surface area contributed by atoms with Crippen molar-refractivity contribution in [3.63, 3.8) is 0 Å². The Morgan fingerprint density at radius 1 is 1.23 bits per heavy atom. The zero-order valence-corrected chi connectivity index (χ0v) is 6.75. The molecule has 0 N–H and O–H groups in total. The second-order valence-corrected chi connectivity index (χ2v) is 2.54. The molecule has 62 valence electrons. The third-order valence-electron chi connectivity index (χ3n) is 1.76. The van der Waals surface area contributed by atoms with Gasteiger partial charge in [-0.3, -0.25) is 4.98 Å². The number of azide groups is 1. The first-order valence-corrected chi connectivity index (χ1v) is 3.80. The SMILES string of the molecule is [N-]=[N+]=Nc1cccc2cccnc12. The minimum atomic E-state index is 0.570. The molecule has 2 aromatic rings. The molecule has 2 rings (SSSR count). The molecule has 4 nitrogen and oxygen atoms in total. The molecule has 0 radical (unpaired) electrons. The standard InChI is InChI=1S/C9H6N4/c10-13-12-8-5-1-3-7-4-2-6-11-9(7)8/h1-6H. The van der Waals surface area contributed by atoms with Crippen LogP contribution in [0.2, 0.25) is 0 Å². The lowest BCUT2D eigenvalue weighted by Gasteiger charge is -1.97. The fourth-order valence-corrected chi connectivity index (χ4v) is 1.22. The average molecular weight is 170 g/mol. The van der Waals surface area contributed by atoms with Crippen molar-refractivity contribution in [3.05, 3.63) is 47.0 Å². The molecular weight excluding hydrogens is 164 g/mol. The van der Waals surface area contributed by atoms with Crippen molar-refractivity contribution in [2.24, 2.45) is 5.11 Å². The number of aromatic nitrogens is 1. The van der Waals surface area contributed by atoms with Gasteiger partial charge in [0.1, 0.15) is 0 Å². The van der Waals surface area contributed by atoms with Crippen LogP contribution in [-0.2, 0) is 0 Å². The summed E-state index contributed by atoms with van der Waals surface area (Å²) in [5.41, 5.74) is 9.62. The molecule has 0 saturated carbocycles. The first kappa shape index (κ1) is 7.58. The van der Waals surface area contributed by atoms with E-state index in [2.05, 4.69) is 15.0 Å². The highest BCUT2D eigenvalue weighted by atomic mass is 15.1. The number of hydrogen-bond acceptors (Lipinski definition) is 2. The Hall–Kier alpha value is -2.06. The van der Waals surface area contributed by atoms with Crippen LogP contribution in [-0.4, -0.2) is 4.98 Å². The maximum Gasteiger partial charge on any atom is 0.0797 e. The smallest absolute Gasteiger partial charge is 0.0797 e. The van der Waals surface area contributed by atoms with E-state index in [4.69, 9.17) is 5.53 Å². The zero-order chi connectivity index (χ0) is 9.10. The molecule has 0 saturated heterocycles. The van der Waals surface area contributed by atoms with Gasteiger partial charge in [-0.15, -0.1) is 0 Å². The molecule has 0 atom stereocenters. The molecule has 1 aromatic heterocycles. The number of hydrogen-bond donors (Lipinski definition) is 0. The third-order valence-corrected chi connectivity index (χ3v) is 1.76. The molecule has 0 aliphatic rings. The Morgan fingerprint density at radius 3 is 2.92 bits per heavy atom. The van der Waals surface area contributed by atoms with Crippen LogP contribution in [0.15, 0.2) is 41.6 Å². The number of nitrogens with zero attached hydrogens (tertiary/aromatic N) is 4. The normalized spacial score (nSPS) is 9.54. The van der Waals surface area contributed by atoms with Crippen molar-refractivity contribution in [1.29, 1.82) is 0 Å². The van der Waals surface area contributed by atoms with Gasteiger partial charge in [0.05, 0.1) is 11.2 Å². The number of rotatable bonds is 1. The average Bonchev–Trinajstić information content (AvgIpc) is 2.19.